The maximum absolute atomic E-state index is 13.2. The van der Waals surface area contributed by atoms with Crippen molar-refractivity contribution >= 4 is 28.9 Å². The molecule has 5 heteroatoms. The normalized spacial score (nSPS) is 14.2. The largest absolute Gasteiger partial charge is 0.352 e. The fourth-order valence-electron chi connectivity index (χ4n) is 3.88. The number of anilines is 1. The Hall–Kier alpha value is -3.73. The molecule has 3 aromatic rings. The van der Waals surface area contributed by atoms with E-state index in [1.54, 1.807) is 4.90 Å². The van der Waals surface area contributed by atoms with Crippen LogP contribution < -0.4 is 10.2 Å². The van der Waals surface area contributed by atoms with Crippen LogP contribution in [0, 0.1) is 0 Å². The van der Waals surface area contributed by atoms with Gasteiger partial charge in [0.15, 0.2) is 0 Å². The first-order valence-corrected chi connectivity index (χ1v) is 11.0. The van der Waals surface area contributed by atoms with Crippen molar-refractivity contribution in [1.82, 2.24) is 5.32 Å². The molecule has 0 aliphatic carbocycles. The van der Waals surface area contributed by atoms with Crippen LogP contribution in [0.3, 0.4) is 0 Å². The molecule has 0 fully saturated rings. The number of nitrogens with one attached hydrogen (secondary N) is 1. The number of nitrogens with zero attached hydrogens (tertiary/aromatic N) is 2. The third kappa shape index (κ3) is 5.30. The van der Waals surface area contributed by atoms with Crippen molar-refractivity contribution in [3.63, 3.8) is 0 Å². The lowest BCUT2D eigenvalue weighted by molar-refractivity contribution is -0.123. The predicted octanol–water partition coefficient (Wildman–Crippen LogP) is 4.68. The maximum Gasteiger partial charge on any atom is 0.240 e. The predicted molar refractivity (Wildman–Crippen MR) is 128 cm³/mol. The monoisotopic (exact) mass is 425 g/mol. The number of aliphatic imine (C=N–C) groups is 1. The average molecular weight is 426 g/mol. The fraction of sp³-hybridized carbons (Fsp3) is 0.222. The zero-order valence-electron chi connectivity index (χ0n) is 18.2. The van der Waals surface area contributed by atoms with Gasteiger partial charge in [-0.1, -0.05) is 72.8 Å². The molecule has 2 amide bonds. The first-order valence-electron chi connectivity index (χ1n) is 11.0. The Balaban J connectivity index is 1.45. The zero-order valence-corrected chi connectivity index (χ0v) is 18.2. The van der Waals surface area contributed by atoms with Gasteiger partial charge in [-0.05, 0) is 43.0 Å². The quantitative estimate of drug-likeness (QED) is 0.597. The van der Waals surface area contributed by atoms with E-state index >= 15 is 0 Å². The molecule has 0 bridgehead atoms. The summed E-state index contributed by atoms with van der Waals surface area (Å²) in [6, 6.07) is 27.4. The number of aryl methyl sites for hydroxylation is 1. The molecule has 1 aliphatic heterocycles. The van der Waals surface area contributed by atoms with Crippen LogP contribution >= 0.6 is 0 Å². The highest BCUT2D eigenvalue weighted by molar-refractivity contribution is 6.18. The number of carbonyl (C=O) groups excluding carboxylic acids is 2. The van der Waals surface area contributed by atoms with Crippen LogP contribution in [0.5, 0.6) is 0 Å². The van der Waals surface area contributed by atoms with Gasteiger partial charge in [-0.15, -0.1) is 0 Å². The second-order valence-electron chi connectivity index (χ2n) is 8.06. The molecule has 1 heterocycles. The first-order chi connectivity index (χ1) is 15.6. The number of benzene rings is 3. The molecule has 0 saturated heterocycles. The number of amides is 2. The summed E-state index contributed by atoms with van der Waals surface area (Å²) < 4.78 is 0. The van der Waals surface area contributed by atoms with Gasteiger partial charge in [-0.2, -0.15) is 0 Å². The minimum Gasteiger partial charge on any atom is -0.352 e. The van der Waals surface area contributed by atoms with Crippen LogP contribution in [0.1, 0.15) is 30.9 Å². The zero-order chi connectivity index (χ0) is 22.3. The number of hydrogen-bond acceptors (Lipinski definition) is 3. The topological polar surface area (TPSA) is 61.8 Å². The highest BCUT2D eigenvalue weighted by Gasteiger charge is 2.26. The van der Waals surface area contributed by atoms with Gasteiger partial charge < -0.3 is 10.2 Å². The third-order valence-electron chi connectivity index (χ3n) is 5.57. The van der Waals surface area contributed by atoms with Crippen molar-refractivity contribution in [3.8, 4) is 0 Å². The van der Waals surface area contributed by atoms with Gasteiger partial charge in [0.25, 0.3) is 0 Å². The summed E-state index contributed by atoms with van der Waals surface area (Å²) in [4.78, 5) is 32.3. The SMILES string of the molecule is C[C@@H](CCc1ccccc1)NC(=O)CN1C(=O)CC(c2ccccc2)=Nc2ccccc21. The van der Waals surface area contributed by atoms with Gasteiger partial charge in [0.1, 0.15) is 6.54 Å². The summed E-state index contributed by atoms with van der Waals surface area (Å²) in [5, 5.41) is 3.04. The lowest BCUT2D eigenvalue weighted by Crippen LogP contribution is -2.43. The minimum absolute atomic E-state index is 0.0103. The molecule has 3 aromatic carbocycles. The van der Waals surface area contributed by atoms with E-state index in [9.17, 15) is 9.59 Å². The maximum atomic E-state index is 13.2. The van der Waals surface area contributed by atoms with Crippen molar-refractivity contribution < 1.29 is 9.59 Å². The molecule has 162 valence electrons. The third-order valence-corrected chi connectivity index (χ3v) is 5.57. The number of carbonyl (C=O) groups is 2. The number of para-hydroxylation sites is 2. The summed E-state index contributed by atoms with van der Waals surface area (Å²) in [5.74, 6) is -0.304. The molecule has 0 spiro atoms. The fourth-order valence-corrected chi connectivity index (χ4v) is 3.88. The summed E-state index contributed by atoms with van der Waals surface area (Å²) in [6.45, 7) is 1.97. The highest BCUT2D eigenvalue weighted by Crippen LogP contribution is 2.32. The molecule has 0 radical (unpaired) electrons. The Morgan fingerprint density at radius 2 is 1.62 bits per heavy atom. The molecule has 5 nitrogen and oxygen atoms in total. The molecule has 0 saturated carbocycles. The summed E-state index contributed by atoms with van der Waals surface area (Å²) in [5.41, 5.74) is 4.23. The van der Waals surface area contributed by atoms with E-state index in [2.05, 4.69) is 17.4 Å². The molecule has 1 atom stereocenters. The standard InChI is InChI=1S/C27H27N3O2/c1-20(16-17-21-10-4-2-5-11-21)28-26(31)19-30-25-15-9-8-14-23(25)29-24(18-27(30)32)22-12-6-3-7-13-22/h2-15,20H,16-19H2,1H3,(H,28,31)/t20-/m0/s1. The summed E-state index contributed by atoms with van der Waals surface area (Å²) in [7, 11) is 0. The van der Waals surface area contributed by atoms with Crippen molar-refractivity contribution in [3.05, 3.63) is 96.1 Å². The minimum atomic E-state index is -0.170. The molecule has 4 rings (SSSR count). The molecule has 0 unspecified atom stereocenters. The van der Waals surface area contributed by atoms with Crippen LogP contribution in [-0.4, -0.2) is 30.1 Å². The van der Waals surface area contributed by atoms with Crippen molar-refractivity contribution in [2.24, 2.45) is 4.99 Å². The molecule has 32 heavy (non-hydrogen) atoms. The molecule has 1 aliphatic rings. The van der Waals surface area contributed by atoms with E-state index < -0.39 is 0 Å². The van der Waals surface area contributed by atoms with Gasteiger partial charge in [-0.3, -0.25) is 14.6 Å². The average Bonchev–Trinajstić information content (AvgIpc) is 2.95. The molecule has 1 N–H and O–H groups in total. The summed E-state index contributed by atoms with van der Waals surface area (Å²) in [6.07, 6.45) is 1.87. The first kappa shape index (κ1) is 21.5. The summed E-state index contributed by atoms with van der Waals surface area (Å²) >= 11 is 0. The number of rotatable bonds is 7. The number of fused-ring (bicyclic) bond motifs is 1. The van der Waals surface area contributed by atoms with E-state index in [0.717, 1.165) is 18.4 Å². The van der Waals surface area contributed by atoms with Gasteiger partial charge in [0.2, 0.25) is 11.8 Å². The van der Waals surface area contributed by atoms with Gasteiger partial charge >= 0.3 is 0 Å². The van der Waals surface area contributed by atoms with Crippen LogP contribution in [0.4, 0.5) is 11.4 Å². The Morgan fingerprint density at radius 1 is 0.969 bits per heavy atom. The van der Waals surface area contributed by atoms with E-state index in [4.69, 9.17) is 4.99 Å². The van der Waals surface area contributed by atoms with Crippen LogP contribution in [0.2, 0.25) is 0 Å². The van der Waals surface area contributed by atoms with E-state index in [1.165, 1.54) is 5.56 Å². The van der Waals surface area contributed by atoms with Crippen molar-refractivity contribution in [2.75, 3.05) is 11.4 Å². The van der Waals surface area contributed by atoms with Crippen molar-refractivity contribution in [2.45, 2.75) is 32.2 Å². The van der Waals surface area contributed by atoms with Crippen LogP contribution in [-0.2, 0) is 16.0 Å². The van der Waals surface area contributed by atoms with Crippen LogP contribution in [0.15, 0.2) is 89.9 Å². The van der Waals surface area contributed by atoms with Gasteiger partial charge in [0.05, 0.1) is 23.5 Å². The van der Waals surface area contributed by atoms with Crippen molar-refractivity contribution in [1.29, 1.82) is 0 Å². The highest BCUT2D eigenvalue weighted by atomic mass is 16.2. The smallest absolute Gasteiger partial charge is 0.240 e. The van der Waals surface area contributed by atoms with Gasteiger partial charge in [0, 0.05) is 6.04 Å². The Morgan fingerprint density at radius 3 is 2.38 bits per heavy atom. The Kier molecular flexibility index (Phi) is 6.75. The second kappa shape index (κ2) is 10.1. The molecule has 0 aromatic heterocycles. The molecular weight excluding hydrogens is 398 g/mol. The molecular formula is C27H27N3O2. The van der Waals surface area contributed by atoms with E-state index in [-0.39, 0.29) is 30.8 Å². The van der Waals surface area contributed by atoms with Gasteiger partial charge in [-0.25, -0.2) is 0 Å². The van der Waals surface area contributed by atoms with Crippen LogP contribution in [0.25, 0.3) is 0 Å². The van der Waals surface area contributed by atoms with E-state index in [1.807, 2.05) is 79.7 Å². The number of hydrogen-bond donors (Lipinski definition) is 1. The lowest BCUT2D eigenvalue weighted by atomic mass is 10.1. The Bertz CT molecular complexity index is 1110. The Labute approximate surface area is 188 Å². The van der Waals surface area contributed by atoms with E-state index in [0.29, 0.717) is 17.1 Å². The lowest BCUT2D eigenvalue weighted by Gasteiger charge is -2.23. The second-order valence-corrected chi connectivity index (χ2v) is 8.06.